The van der Waals surface area contributed by atoms with Gasteiger partial charge < -0.3 is 14.2 Å². The minimum absolute atomic E-state index is 0.264. The molecule has 0 aliphatic carbocycles. The van der Waals surface area contributed by atoms with Gasteiger partial charge in [-0.3, -0.25) is 9.36 Å². The first-order valence-corrected chi connectivity index (χ1v) is 13.4. The van der Waals surface area contributed by atoms with Crippen LogP contribution in [0.5, 0.6) is 11.5 Å². The molecule has 2 heterocycles. The van der Waals surface area contributed by atoms with Crippen molar-refractivity contribution in [1.29, 1.82) is 0 Å². The van der Waals surface area contributed by atoms with Gasteiger partial charge in [0, 0.05) is 10.0 Å². The molecule has 10 heteroatoms. The molecule has 0 radical (unpaired) electrons. The van der Waals surface area contributed by atoms with Crippen molar-refractivity contribution < 1.29 is 19.0 Å². The predicted molar refractivity (Wildman–Crippen MR) is 146 cm³/mol. The van der Waals surface area contributed by atoms with E-state index >= 15 is 0 Å². The molecule has 0 saturated carbocycles. The summed E-state index contributed by atoms with van der Waals surface area (Å²) in [6, 6.07) is 10.3. The maximum atomic E-state index is 13.8. The number of aromatic nitrogens is 1. The number of nitrogens with zero attached hydrogens (tertiary/aromatic N) is 2. The third-order valence-corrected chi connectivity index (χ3v) is 7.64. The highest BCUT2D eigenvalue weighted by atomic mass is 79.9. The molecule has 0 fully saturated rings. The second-order valence-electron chi connectivity index (χ2n) is 8.32. The second kappa shape index (κ2) is 10.7. The van der Waals surface area contributed by atoms with Crippen LogP contribution in [0.4, 0.5) is 0 Å². The molecule has 4 rings (SSSR count). The minimum Gasteiger partial charge on any atom is -0.496 e. The maximum absolute atomic E-state index is 13.8. The Labute approximate surface area is 229 Å². The molecular formula is C26H24Br2N2O5S. The number of carbonyl (C=O) groups excluding carboxylic acids is 1. The zero-order chi connectivity index (χ0) is 26.1. The van der Waals surface area contributed by atoms with Crippen molar-refractivity contribution >= 4 is 55.2 Å². The number of hydrogen-bond donors (Lipinski definition) is 0. The smallest absolute Gasteiger partial charge is 0.338 e. The molecule has 0 N–H and O–H groups in total. The highest BCUT2D eigenvalue weighted by Gasteiger charge is 2.35. The molecule has 0 unspecified atom stereocenters. The van der Waals surface area contributed by atoms with Crippen molar-refractivity contribution in [3.05, 3.63) is 87.4 Å². The quantitative estimate of drug-likeness (QED) is 0.366. The van der Waals surface area contributed by atoms with E-state index in [9.17, 15) is 9.59 Å². The van der Waals surface area contributed by atoms with Gasteiger partial charge in [-0.1, -0.05) is 33.3 Å². The fourth-order valence-electron chi connectivity index (χ4n) is 4.00. The molecule has 1 aromatic heterocycles. The molecule has 0 spiro atoms. The Balaban J connectivity index is 1.98. The number of thiazole rings is 1. The summed E-state index contributed by atoms with van der Waals surface area (Å²) in [7, 11) is 3.15. The van der Waals surface area contributed by atoms with Gasteiger partial charge in [-0.25, -0.2) is 9.79 Å². The lowest BCUT2D eigenvalue weighted by Gasteiger charge is -2.26. The molecule has 0 bridgehead atoms. The zero-order valence-corrected chi connectivity index (χ0v) is 24.3. The Bertz CT molecular complexity index is 1560. The Morgan fingerprint density at radius 1 is 1.11 bits per heavy atom. The summed E-state index contributed by atoms with van der Waals surface area (Å²) in [5.41, 5.74) is 2.00. The largest absolute Gasteiger partial charge is 0.496 e. The summed E-state index contributed by atoms with van der Waals surface area (Å²) in [6.07, 6.45) is 1.47. The number of allylic oxidation sites excluding steroid dienone is 1. The Kier molecular flexibility index (Phi) is 7.87. The molecule has 36 heavy (non-hydrogen) atoms. The van der Waals surface area contributed by atoms with E-state index in [1.165, 1.54) is 11.3 Å². The molecular weight excluding hydrogens is 612 g/mol. The highest BCUT2D eigenvalue weighted by molar-refractivity contribution is 9.10. The van der Waals surface area contributed by atoms with Crippen LogP contribution in [0.3, 0.4) is 0 Å². The van der Waals surface area contributed by atoms with Crippen LogP contribution in [0.1, 0.15) is 37.9 Å². The maximum Gasteiger partial charge on any atom is 0.338 e. The average Bonchev–Trinajstić information content (AvgIpc) is 3.12. The van der Waals surface area contributed by atoms with E-state index in [-0.39, 0.29) is 11.7 Å². The number of halogens is 2. The minimum atomic E-state index is -0.773. The van der Waals surface area contributed by atoms with E-state index in [1.807, 2.05) is 30.3 Å². The van der Waals surface area contributed by atoms with E-state index in [0.717, 1.165) is 14.5 Å². The first kappa shape index (κ1) is 26.4. The normalized spacial score (nSPS) is 15.6. The predicted octanol–water partition coefficient (Wildman–Crippen LogP) is 4.73. The third-order valence-electron chi connectivity index (χ3n) is 5.54. The van der Waals surface area contributed by atoms with Crippen LogP contribution in [-0.4, -0.2) is 30.9 Å². The number of esters is 1. The second-order valence-corrected chi connectivity index (χ2v) is 11.1. The van der Waals surface area contributed by atoms with Gasteiger partial charge in [-0.15, -0.1) is 0 Å². The number of benzene rings is 2. The molecule has 3 aromatic rings. The number of methoxy groups -OCH3 is 2. The summed E-state index contributed by atoms with van der Waals surface area (Å²) >= 11 is 8.27. The lowest BCUT2D eigenvalue weighted by atomic mass is 9.95. The summed E-state index contributed by atoms with van der Waals surface area (Å²) in [5, 5.41) is 0. The molecule has 1 aliphatic heterocycles. The Morgan fingerprint density at radius 3 is 2.44 bits per heavy atom. The number of ether oxygens (including phenoxy) is 3. The standard InChI is InChI=1S/C26H24Br2N2O5S/c1-13(2)35-25(32)22-14(3)29-26-30(23(22)17-12-16(27)7-9-19(17)33-4)24(31)21(36-26)11-15-6-8-20(34-5)18(28)10-15/h6-13,23H,1-5H3/b21-11-/t23-/m1/s1. The van der Waals surface area contributed by atoms with Crippen molar-refractivity contribution in [2.45, 2.75) is 32.9 Å². The molecule has 0 amide bonds. The lowest BCUT2D eigenvalue weighted by Crippen LogP contribution is -2.40. The van der Waals surface area contributed by atoms with Gasteiger partial charge in [0.2, 0.25) is 0 Å². The van der Waals surface area contributed by atoms with Crippen LogP contribution in [0.2, 0.25) is 0 Å². The monoisotopic (exact) mass is 634 g/mol. The van der Waals surface area contributed by atoms with Crippen LogP contribution >= 0.6 is 43.2 Å². The van der Waals surface area contributed by atoms with E-state index in [4.69, 9.17) is 14.2 Å². The molecule has 2 aromatic carbocycles. The van der Waals surface area contributed by atoms with Gasteiger partial charge in [0.05, 0.1) is 40.6 Å². The van der Waals surface area contributed by atoms with E-state index in [0.29, 0.717) is 37.7 Å². The van der Waals surface area contributed by atoms with Crippen LogP contribution in [0, 0.1) is 0 Å². The fraction of sp³-hybridized carbons (Fsp3) is 0.269. The number of hydrogen-bond acceptors (Lipinski definition) is 7. The Morgan fingerprint density at radius 2 is 1.81 bits per heavy atom. The fourth-order valence-corrected chi connectivity index (χ4v) is 5.98. The van der Waals surface area contributed by atoms with Crippen LogP contribution in [-0.2, 0) is 9.53 Å². The van der Waals surface area contributed by atoms with Crippen molar-refractivity contribution in [3.63, 3.8) is 0 Å². The van der Waals surface area contributed by atoms with Crippen molar-refractivity contribution in [2.75, 3.05) is 14.2 Å². The average molecular weight is 636 g/mol. The van der Waals surface area contributed by atoms with Crippen LogP contribution in [0.25, 0.3) is 6.08 Å². The topological polar surface area (TPSA) is 79.1 Å². The SMILES string of the molecule is COc1ccc(/C=c2\sc3n(c2=O)[C@H](c2cc(Br)ccc2OC)C(C(=O)OC(C)C)=C(C)N=3)cc1Br. The number of fused-ring (bicyclic) bond motifs is 1. The van der Waals surface area contributed by atoms with Gasteiger partial charge in [0.1, 0.15) is 17.5 Å². The van der Waals surface area contributed by atoms with E-state index in [2.05, 4.69) is 36.9 Å². The first-order valence-electron chi connectivity index (χ1n) is 11.0. The summed E-state index contributed by atoms with van der Waals surface area (Å²) in [6.45, 7) is 5.32. The number of carbonyl (C=O) groups is 1. The molecule has 188 valence electrons. The van der Waals surface area contributed by atoms with E-state index < -0.39 is 12.0 Å². The van der Waals surface area contributed by atoms with Gasteiger partial charge in [0.25, 0.3) is 5.56 Å². The van der Waals surface area contributed by atoms with Gasteiger partial charge in [-0.05, 0) is 78.7 Å². The van der Waals surface area contributed by atoms with Crippen molar-refractivity contribution in [2.24, 2.45) is 4.99 Å². The Hall–Kier alpha value is -2.69. The highest BCUT2D eigenvalue weighted by Crippen LogP contribution is 2.37. The van der Waals surface area contributed by atoms with Crippen molar-refractivity contribution in [1.82, 2.24) is 4.57 Å². The summed E-state index contributed by atoms with van der Waals surface area (Å²) < 4.78 is 20.1. The molecule has 0 saturated heterocycles. The van der Waals surface area contributed by atoms with Gasteiger partial charge in [-0.2, -0.15) is 0 Å². The third kappa shape index (κ3) is 5.07. The summed E-state index contributed by atoms with van der Waals surface area (Å²) in [4.78, 5) is 32.2. The van der Waals surface area contributed by atoms with Gasteiger partial charge >= 0.3 is 5.97 Å². The van der Waals surface area contributed by atoms with E-state index in [1.54, 1.807) is 51.7 Å². The van der Waals surface area contributed by atoms with Gasteiger partial charge in [0.15, 0.2) is 4.80 Å². The summed E-state index contributed by atoms with van der Waals surface area (Å²) in [5.74, 6) is 0.715. The number of rotatable bonds is 6. The molecule has 7 nitrogen and oxygen atoms in total. The molecule has 1 aliphatic rings. The first-order chi connectivity index (χ1) is 17.1. The van der Waals surface area contributed by atoms with Crippen molar-refractivity contribution in [3.8, 4) is 11.5 Å². The lowest BCUT2D eigenvalue weighted by molar-refractivity contribution is -0.143. The van der Waals surface area contributed by atoms with Crippen LogP contribution in [0.15, 0.2) is 66.4 Å². The molecule has 1 atom stereocenters. The van der Waals surface area contributed by atoms with Crippen LogP contribution < -0.4 is 24.4 Å². The zero-order valence-electron chi connectivity index (χ0n) is 20.3.